The Morgan fingerprint density at radius 1 is 1.24 bits per heavy atom. The van der Waals surface area contributed by atoms with Crippen molar-refractivity contribution >= 4 is 11.6 Å². The number of benzene rings is 1. The minimum absolute atomic E-state index is 0.0205. The summed E-state index contributed by atoms with van der Waals surface area (Å²) in [5.74, 6) is 1.30. The van der Waals surface area contributed by atoms with Gasteiger partial charge in [0.1, 0.15) is 6.54 Å². The number of hydrogen-bond acceptors (Lipinski definition) is 2. The molecule has 2 aromatic rings. The standard InChI is InChI=1S/C17H22N2O2/c1-13(2)15-8-4-5-9-16(15)18-17(20)12-19(3)11-14-7-6-10-21-14/h4-10,13H,11-12H2,1-3H3,(H,18,20)/p+1. The van der Waals surface area contributed by atoms with E-state index >= 15 is 0 Å². The molecule has 1 heterocycles. The number of rotatable bonds is 6. The van der Waals surface area contributed by atoms with Gasteiger partial charge in [-0.05, 0) is 29.7 Å². The number of nitrogens with one attached hydrogen (secondary N) is 2. The van der Waals surface area contributed by atoms with Crippen LogP contribution in [0.4, 0.5) is 5.69 Å². The summed E-state index contributed by atoms with van der Waals surface area (Å²) in [5.41, 5.74) is 2.07. The molecule has 0 aliphatic heterocycles. The van der Waals surface area contributed by atoms with Crippen LogP contribution >= 0.6 is 0 Å². The van der Waals surface area contributed by atoms with Gasteiger partial charge in [-0.2, -0.15) is 0 Å². The lowest BCUT2D eigenvalue weighted by atomic mass is 10.0. The van der Waals surface area contributed by atoms with E-state index in [1.54, 1.807) is 6.26 Å². The van der Waals surface area contributed by atoms with Gasteiger partial charge in [-0.15, -0.1) is 0 Å². The number of hydrogen-bond donors (Lipinski definition) is 2. The highest BCUT2D eigenvalue weighted by Gasteiger charge is 2.14. The molecule has 1 amide bonds. The number of carbonyl (C=O) groups excluding carboxylic acids is 1. The van der Waals surface area contributed by atoms with Crippen molar-refractivity contribution in [1.82, 2.24) is 0 Å². The van der Waals surface area contributed by atoms with Crippen molar-refractivity contribution in [3.63, 3.8) is 0 Å². The molecule has 4 nitrogen and oxygen atoms in total. The fourth-order valence-electron chi connectivity index (χ4n) is 2.36. The van der Waals surface area contributed by atoms with Gasteiger partial charge in [0.2, 0.25) is 0 Å². The quantitative estimate of drug-likeness (QED) is 0.854. The summed E-state index contributed by atoms with van der Waals surface area (Å²) in [4.78, 5) is 13.3. The van der Waals surface area contributed by atoms with E-state index in [1.807, 2.05) is 37.4 Å². The molecule has 4 heteroatoms. The third-order valence-corrected chi connectivity index (χ3v) is 3.38. The first-order chi connectivity index (χ1) is 10.1. The number of carbonyl (C=O) groups is 1. The molecule has 1 atom stereocenters. The van der Waals surface area contributed by atoms with Crippen LogP contribution in [0, 0.1) is 0 Å². The normalized spacial score (nSPS) is 12.4. The Morgan fingerprint density at radius 2 is 2.00 bits per heavy atom. The molecule has 0 aliphatic carbocycles. The second-order valence-electron chi connectivity index (χ2n) is 5.68. The zero-order valence-electron chi connectivity index (χ0n) is 12.8. The van der Waals surface area contributed by atoms with Crippen LogP contribution in [-0.4, -0.2) is 19.5 Å². The third-order valence-electron chi connectivity index (χ3n) is 3.38. The number of anilines is 1. The molecule has 1 unspecified atom stereocenters. The van der Waals surface area contributed by atoms with Gasteiger partial charge in [0.15, 0.2) is 12.3 Å². The van der Waals surface area contributed by atoms with Crippen molar-refractivity contribution < 1.29 is 14.1 Å². The smallest absolute Gasteiger partial charge is 0.279 e. The lowest BCUT2D eigenvalue weighted by Gasteiger charge is -2.15. The predicted molar refractivity (Wildman–Crippen MR) is 83.3 cm³/mol. The average molecular weight is 287 g/mol. The Bertz CT molecular complexity index is 576. The number of likely N-dealkylation sites (N-methyl/N-ethyl adjacent to an activating group) is 1. The third kappa shape index (κ3) is 4.46. The van der Waals surface area contributed by atoms with Gasteiger partial charge in [-0.25, -0.2) is 0 Å². The average Bonchev–Trinajstić information content (AvgIpc) is 2.91. The van der Waals surface area contributed by atoms with Crippen molar-refractivity contribution in [2.75, 3.05) is 18.9 Å². The fourth-order valence-corrected chi connectivity index (χ4v) is 2.36. The van der Waals surface area contributed by atoms with Crippen LogP contribution in [0.2, 0.25) is 0 Å². The zero-order chi connectivity index (χ0) is 15.2. The SMILES string of the molecule is CC(C)c1ccccc1NC(=O)C[NH+](C)Cc1ccco1. The highest BCUT2D eigenvalue weighted by Crippen LogP contribution is 2.23. The monoisotopic (exact) mass is 287 g/mol. The van der Waals surface area contributed by atoms with Gasteiger partial charge in [-0.3, -0.25) is 4.79 Å². The Labute approximate surface area is 125 Å². The van der Waals surface area contributed by atoms with Gasteiger partial charge >= 0.3 is 0 Å². The summed E-state index contributed by atoms with van der Waals surface area (Å²) >= 11 is 0. The van der Waals surface area contributed by atoms with Gasteiger partial charge in [0.05, 0.1) is 13.3 Å². The van der Waals surface area contributed by atoms with Crippen molar-refractivity contribution in [2.24, 2.45) is 0 Å². The predicted octanol–water partition coefficient (Wildman–Crippen LogP) is 2.06. The zero-order valence-corrected chi connectivity index (χ0v) is 12.8. The molecule has 1 aromatic heterocycles. The van der Waals surface area contributed by atoms with Crippen LogP contribution in [0.1, 0.15) is 31.1 Å². The molecule has 0 radical (unpaired) electrons. The van der Waals surface area contributed by atoms with Crippen molar-refractivity contribution in [1.29, 1.82) is 0 Å². The number of para-hydroxylation sites is 1. The van der Waals surface area contributed by atoms with Crippen LogP contribution in [-0.2, 0) is 11.3 Å². The Balaban J connectivity index is 1.92. The lowest BCUT2D eigenvalue weighted by Crippen LogP contribution is -3.08. The van der Waals surface area contributed by atoms with E-state index in [9.17, 15) is 4.79 Å². The van der Waals surface area contributed by atoms with Crippen molar-refractivity contribution in [2.45, 2.75) is 26.3 Å². The Hall–Kier alpha value is -2.07. The van der Waals surface area contributed by atoms with Gasteiger partial charge in [-0.1, -0.05) is 32.0 Å². The first kappa shape index (κ1) is 15.3. The van der Waals surface area contributed by atoms with Crippen LogP contribution in [0.15, 0.2) is 47.1 Å². The van der Waals surface area contributed by atoms with Crippen LogP contribution in [0.5, 0.6) is 0 Å². The van der Waals surface area contributed by atoms with Crippen LogP contribution in [0.25, 0.3) is 0 Å². The van der Waals surface area contributed by atoms with Crippen LogP contribution in [0.3, 0.4) is 0 Å². The molecule has 0 bridgehead atoms. The second-order valence-corrected chi connectivity index (χ2v) is 5.68. The Kier molecular flexibility index (Phi) is 5.17. The minimum Gasteiger partial charge on any atom is -0.463 e. The highest BCUT2D eigenvalue weighted by atomic mass is 16.3. The largest absolute Gasteiger partial charge is 0.463 e. The summed E-state index contributed by atoms with van der Waals surface area (Å²) in [6, 6.07) is 11.7. The maximum atomic E-state index is 12.2. The lowest BCUT2D eigenvalue weighted by molar-refractivity contribution is -0.886. The molecule has 112 valence electrons. The molecular weight excluding hydrogens is 264 g/mol. The molecule has 2 N–H and O–H groups in total. The van der Waals surface area contributed by atoms with E-state index in [1.165, 1.54) is 0 Å². The van der Waals surface area contributed by atoms with Crippen molar-refractivity contribution in [3.05, 3.63) is 54.0 Å². The molecular formula is C17H23N2O2+. The minimum atomic E-state index is 0.0205. The van der Waals surface area contributed by atoms with E-state index in [0.717, 1.165) is 21.9 Å². The highest BCUT2D eigenvalue weighted by molar-refractivity contribution is 5.92. The van der Waals surface area contributed by atoms with E-state index in [-0.39, 0.29) is 5.91 Å². The summed E-state index contributed by atoms with van der Waals surface area (Å²) in [5, 5.41) is 3.01. The molecule has 0 spiro atoms. The van der Waals surface area contributed by atoms with E-state index < -0.39 is 0 Å². The van der Waals surface area contributed by atoms with Gasteiger partial charge in [0.25, 0.3) is 5.91 Å². The Morgan fingerprint density at radius 3 is 2.67 bits per heavy atom. The first-order valence-corrected chi connectivity index (χ1v) is 7.28. The van der Waals surface area contributed by atoms with E-state index in [2.05, 4.69) is 25.2 Å². The summed E-state index contributed by atoms with van der Waals surface area (Å²) < 4.78 is 5.30. The van der Waals surface area contributed by atoms with Crippen LogP contribution < -0.4 is 10.2 Å². The first-order valence-electron chi connectivity index (χ1n) is 7.28. The molecule has 1 aromatic carbocycles. The summed E-state index contributed by atoms with van der Waals surface area (Å²) in [6.07, 6.45) is 1.65. The van der Waals surface area contributed by atoms with E-state index in [4.69, 9.17) is 4.42 Å². The summed E-state index contributed by atoms with van der Waals surface area (Å²) in [6.45, 7) is 5.36. The maximum absolute atomic E-state index is 12.2. The molecule has 21 heavy (non-hydrogen) atoms. The topological polar surface area (TPSA) is 46.7 Å². The van der Waals surface area contributed by atoms with Crippen molar-refractivity contribution in [3.8, 4) is 0 Å². The number of amides is 1. The molecule has 0 aliphatic rings. The molecule has 2 rings (SSSR count). The summed E-state index contributed by atoms with van der Waals surface area (Å²) in [7, 11) is 1.98. The fraction of sp³-hybridized carbons (Fsp3) is 0.353. The second kappa shape index (κ2) is 7.09. The molecule has 0 saturated heterocycles. The van der Waals surface area contributed by atoms with E-state index in [0.29, 0.717) is 19.0 Å². The molecule has 0 saturated carbocycles. The number of quaternary nitrogens is 1. The number of furan rings is 1. The van der Waals surface area contributed by atoms with Gasteiger partial charge < -0.3 is 14.6 Å². The van der Waals surface area contributed by atoms with Gasteiger partial charge in [0, 0.05) is 5.69 Å². The molecule has 0 fully saturated rings. The maximum Gasteiger partial charge on any atom is 0.279 e.